The zero-order valence-corrected chi connectivity index (χ0v) is 18.4. The monoisotopic (exact) mass is 465 g/mol. The molecule has 0 aliphatic heterocycles. The second-order valence-electron chi connectivity index (χ2n) is 5.90. The highest BCUT2D eigenvalue weighted by Gasteiger charge is 2.31. The molecule has 5 nitrogen and oxygen atoms in total. The lowest BCUT2D eigenvalue weighted by Gasteiger charge is -2.29. The summed E-state index contributed by atoms with van der Waals surface area (Å²) < 4.78 is 10.4. The largest absolute Gasteiger partial charge is 0.497 e. The number of esters is 1. The van der Waals surface area contributed by atoms with Gasteiger partial charge in [0.2, 0.25) is 5.91 Å². The van der Waals surface area contributed by atoms with Gasteiger partial charge in [0.15, 0.2) is 5.37 Å². The fourth-order valence-corrected chi connectivity index (χ4v) is 4.00. The zero-order valence-electron chi connectivity index (χ0n) is 16.0. The van der Waals surface area contributed by atoms with Gasteiger partial charge in [0.25, 0.3) is 0 Å². The molecule has 2 rings (SSSR count). The molecular formula is C21H24BrNO4S. The van der Waals surface area contributed by atoms with Gasteiger partial charge in [0.05, 0.1) is 19.0 Å². The van der Waals surface area contributed by atoms with Crippen molar-refractivity contribution >= 4 is 39.6 Å². The molecule has 2 aromatic carbocycles. The van der Waals surface area contributed by atoms with Crippen LogP contribution in [0.25, 0.3) is 0 Å². The number of ether oxygens (including phenoxy) is 2. The normalized spacial score (nSPS) is 11.5. The van der Waals surface area contributed by atoms with E-state index >= 15 is 0 Å². The average molecular weight is 466 g/mol. The predicted molar refractivity (Wildman–Crippen MR) is 115 cm³/mol. The Hall–Kier alpha value is -1.99. The van der Waals surface area contributed by atoms with Gasteiger partial charge in [0, 0.05) is 12.3 Å². The van der Waals surface area contributed by atoms with E-state index in [9.17, 15) is 9.59 Å². The maximum atomic E-state index is 12.6. The van der Waals surface area contributed by atoms with E-state index in [0.29, 0.717) is 12.3 Å². The van der Waals surface area contributed by atoms with Gasteiger partial charge in [-0.15, -0.1) is 11.8 Å². The third-order valence-electron chi connectivity index (χ3n) is 3.97. The number of hydrogen-bond donors (Lipinski definition) is 0. The molecule has 0 aromatic heterocycles. The van der Waals surface area contributed by atoms with Crippen LogP contribution in [0.2, 0.25) is 0 Å². The van der Waals surface area contributed by atoms with Gasteiger partial charge in [-0.05, 0) is 30.2 Å². The number of hydrogen-bond acceptors (Lipinski definition) is 5. The van der Waals surface area contributed by atoms with Crippen LogP contribution in [-0.4, -0.2) is 41.2 Å². The first-order valence-corrected chi connectivity index (χ1v) is 11.1. The van der Waals surface area contributed by atoms with E-state index in [2.05, 4.69) is 15.9 Å². The third-order valence-corrected chi connectivity index (χ3v) is 5.71. The summed E-state index contributed by atoms with van der Waals surface area (Å²) in [4.78, 5) is 26.8. The molecule has 0 saturated carbocycles. The van der Waals surface area contributed by atoms with E-state index in [1.165, 1.54) is 11.8 Å². The fourth-order valence-electron chi connectivity index (χ4n) is 2.55. The summed E-state index contributed by atoms with van der Waals surface area (Å²) in [5, 5.41) is -0.592. The number of rotatable bonds is 10. The summed E-state index contributed by atoms with van der Waals surface area (Å²) in [5.41, 5.74) is 1.99. The van der Waals surface area contributed by atoms with Crippen molar-refractivity contribution in [3.63, 3.8) is 0 Å². The van der Waals surface area contributed by atoms with Crippen LogP contribution in [0.15, 0.2) is 54.6 Å². The molecule has 1 atom stereocenters. The number of nitrogens with zero attached hydrogens (tertiary/aromatic N) is 1. The molecule has 0 aliphatic carbocycles. The highest BCUT2D eigenvalue weighted by Crippen LogP contribution is 2.25. The Labute approximate surface area is 178 Å². The highest BCUT2D eigenvalue weighted by atomic mass is 79.9. The van der Waals surface area contributed by atoms with Crippen molar-refractivity contribution in [2.75, 3.05) is 19.0 Å². The zero-order chi connectivity index (χ0) is 20.4. The molecule has 2 aromatic rings. The lowest BCUT2D eigenvalue weighted by molar-refractivity contribution is -0.150. The van der Waals surface area contributed by atoms with Crippen molar-refractivity contribution in [3.8, 4) is 5.75 Å². The number of halogens is 1. The molecule has 7 heteroatoms. The van der Waals surface area contributed by atoms with Gasteiger partial charge in [-0.2, -0.15) is 0 Å². The average Bonchev–Trinajstić information content (AvgIpc) is 2.73. The van der Waals surface area contributed by atoms with Crippen molar-refractivity contribution < 1.29 is 19.1 Å². The Morgan fingerprint density at radius 2 is 1.75 bits per heavy atom. The summed E-state index contributed by atoms with van der Waals surface area (Å²) in [6.07, 6.45) is 0. The number of alkyl halides is 1. The van der Waals surface area contributed by atoms with Crippen LogP contribution in [0.1, 0.15) is 18.1 Å². The number of carbonyl (C=O) groups is 2. The van der Waals surface area contributed by atoms with E-state index in [4.69, 9.17) is 9.47 Å². The highest BCUT2D eigenvalue weighted by molar-refractivity contribution is 9.09. The Morgan fingerprint density at radius 1 is 1.07 bits per heavy atom. The summed E-state index contributed by atoms with van der Waals surface area (Å²) in [6.45, 7) is 2.36. The fraction of sp³-hybridized carbons (Fsp3) is 0.333. The molecule has 1 unspecified atom stereocenters. The van der Waals surface area contributed by atoms with Crippen LogP contribution in [0, 0.1) is 0 Å². The molecule has 0 spiro atoms. The van der Waals surface area contributed by atoms with Crippen molar-refractivity contribution in [1.29, 1.82) is 0 Å². The Kier molecular flexibility index (Phi) is 9.37. The number of carbonyl (C=O) groups excluding carboxylic acids is 2. The van der Waals surface area contributed by atoms with Crippen LogP contribution in [-0.2, 0) is 26.6 Å². The van der Waals surface area contributed by atoms with E-state index in [0.717, 1.165) is 16.9 Å². The van der Waals surface area contributed by atoms with Crippen molar-refractivity contribution in [2.45, 2.75) is 24.6 Å². The molecular weight excluding hydrogens is 442 g/mol. The molecule has 0 bridgehead atoms. The van der Waals surface area contributed by atoms with Crippen LogP contribution in [0.3, 0.4) is 0 Å². The summed E-state index contributed by atoms with van der Waals surface area (Å²) in [6, 6.07) is 17.3. The van der Waals surface area contributed by atoms with Crippen molar-refractivity contribution in [1.82, 2.24) is 4.90 Å². The second-order valence-corrected chi connectivity index (χ2v) is 7.53. The third kappa shape index (κ3) is 6.56. The topological polar surface area (TPSA) is 55.8 Å². The van der Waals surface area contributed by atoms with Crippen LogP contribution in [0.5, 0.6) is 5.75 Å². The van der Waals surface area contributed by atoms with Gasteiger partial charge in [-0.3, -0.25) is 4.79 Å². The summed E-state index contributed by atoms with van der Waals surface area (Å²) in [7, 11) is 1.62. The quantitative estimate of drug-likeness (QED) is 0.298. The molecule has 1 amide bonds. The van der Waals surface area contributed by atoms with Gasteiger partial charge < -0.3 is 14.4 Å². The summed E-state index contributed by atoms with van der Waals surface area (Å²) in [5.74, 6) is 0.764. The SMILES string of the molecule is CCOC(=O)C(SCc1ccc(OC)cc1)N(Cc1ccccc1)C(=O)CBr. The predicted octanol–water partition coefficient (Wildman–Crippen LogP) is 4.24. The number of benzene rings is 2. The van der Waals surface area contributed by atoms with Crippen LogP contribution in [0.4, 0.5) is 0 Å². The minimum Gasteiger partial charge on any atom is -0.497 e. The minimum atomic E-state index is -0.729. The first-order valence-electron chi connectivity index (χ1n) is 8.89. The number of amides is 1. The Balaban J connectivity index is 2.20. The minimum absolute atomic E-state index is 0.138. The molecule has 0 saturated heterocycles. The van der Waals surface area contributed by atoms with E-state index in [-0.39, 0.29) is 17.8 Å². The molecule has 0 radical (unpaired) electrons. The smallest absolute Gasteiger partial charge is 0.339 e. The lowest BCUT2D eigenvalue weighted by Crippen LogP contribution is -2.44. The van der Waals surface area contributed by atoms with Gasteiger partial charge in [-0.1, -0.05) is 58.4 Å². The standard InChI is InChI=1S/C21H24BrNO4S/c1-3-27-21(25)20(28-15-17-9-11-18(26-2)12-10-17)23(19(24)13-22)14-16-7-5-4-6-8-16/h4-12,20H,3,13-15H2,1-2H3. The molecule has 150 valence electrons. The van der Waals surface area contributed by atoms with E-state index in [1.807, 2.05) is 54.6 Å². The van der Waals surface area contributed by atoms with E-state index in [1.54, 1.807) is 18.9 Å². The summed E-state index contributed by atoms with van der Waals surface area (Å²) >= 11 is 4.61. The van der Waals surface area contributed by atoms with Gasteiger partial charge in [0.1, 0.15) is 5.75 Å². The second kappa shape index (κ2) is 11.8. The van der Waals surface area contributed by atoms with Gasteiger partial charge >= 0.3 is 5.97 Å². The van der Waals surface area contributed by atoms with Gasteiger partial charge in [-0.25, -0.2) is 4.79 Å². The first-order chi connectivity index (χ1) is 13.6. The van der Waals surface area contributed by atoms with E-state index < -0.39 is 11.3 Å². The maximum absolute atomic E-state index is 12.6. The number of methoxy groups -OCH3 is 1. The van der Waals surface area contributed by atoms with Crippen LogP contribution < -0.4 is 4.74 Å². The van der Waals surface area contributed by atoms with Crippen LogP contribution >= 0.6 is 27.7 Å². The molecule has 0 heterocycles. The molecule has 0 aliphatic rings. The first kappa shape index (κ1) is 22.3. The Morgan fingerprint density at radius 3 is 2.32 bits per heavy atom. The van der Waals surface area contributed by atoms with Crippen molar-refractivity contribution in [2.24, 2.45) is 0 Å². The lowest BCUT2D eigenvalue weighted by atomic mass is 10.2. The maximum Gasteiger partial charge on any atom is 0.339 e. The molecule has 0 N–H and O–H groups in total. The number of thioether (sulfide) groups is 1. The molecule has 28 heavy (non-hydrogen) atoms. The van der Waals surface area contributed by atoms with Crippen molar-refractivity contribution in [3.05, 3.63) is 65.7 Å². The Bertz CT molecular complexity index is 755. The molecule has 0 fully saturated rings.